The van der Waals surface area contributed by atoms with Gasteiger partial charge in [-0.2, -0.15) is 0 Å². The van der Waals surface area contributed by atoms with Crippen molar-refractivity contribution in [1.29, 1.82) is 0 Å². The fraction of sp³-hybridized carbons (Fsp3) is 0.0769. The third kappa shape index (κ3) is 3.20. The first-order chi connectivity index (χ1) is 9.08. The number of hydrogen-bond donors (Lipinski definition) is 1. The lowest BCUT2D eigenvalue weighted by molar-refractivity contribution is 0.0467. The van der Waals surface area contributed by atoms with Crippen LogP contribution in [0, 0.1) is 5.82 Å². The summed E-state index contributed by atoms with van der Waals surface area (Å²) in [5.41, 5.74) is 6.17. The Labute approximate surface area is 114 Å². The van der Waals surface area contributed by atoms with Gasteiger partial charge < -0.3 is 10.5 Å². The van der Waals surface area contributed by atoms with E-state index in [9.17, 15) is 9.18 Å². The van der Waals surface area contributed by atoms with Gasteiger partial charge in [0.05, 0.1) is 10.6 Å². The van der Waals surface area contributed by atoms with Gasteiger partial charge in [-0.1, -0.05) is 11.6 Å². The molecule has 2 aromatic rings. The number of nitrogens with zero attached hydrogens (tertiary/aromatic N) is 1. The van der Waals surface area contributed by atoms with Crippen LogP contribution in [0.5, 0.6) is 0 Å². The Hall–Kier alpha value is -2.14. The zero-order valence-corrected chi connectivity index (χ0v) is 10.5. The molecule has 0 aliphatic carbocycles. The second-order valence-electron chi connectivity index (χ2n) is 3.78. The van der Waals surface area contributed by atoms with Gasteiger partial charge in [-0.15, -0.1) is 0 Å². The van der Waals surface area contributed by atoms with Crippen molar-refractivity contribution in [3.05, 3.63) is 58.6 Å². The van der Waals surface area contributed by atoms with E-state index < -0.39 is 11.8 Å². The van der Waals surface area contributed by atoms with E-state index in [2.05, 4.69) is 4.98 Å². The van der Waals surface area contributed by atoms with E-state index >= 15 is 0 Å². The Morgan fingerprint density at radius 2 is 2.21 bits per heavy atom. The predicted molar refractivity (Wildman–Crippen MR) is 69.2 cm³/mol. The van der Waals surface area contributed by atoms with Crippen LogP contribution in [0.2, 0.25) is 5.02 Å². The Balaban J connectivity index is 2.10. The quantitative estimate of drug-likeness (QED) is 0.693. The first-order valence-electron chi connectivity index (χ1n) is 5.38. The summed E-state index contributed by atoms with van der Waals surface area (Å²) in [7, 11) is 0. The second-order valence-corrected chi connectivity index (χ2v) is 4.19. The van der Waals surface area contributed by atoms with Crippen LogP contribution in [-0.4, -0.2) is 11.0 Å². The smallest absolute Gasteiger partial charge is 0.341 e. The van der Waals surface area contributed by atoms with E-state index in [4.69, 9.17) is 22.1 Å². The maximum absolute atomic E-state index is 13.4. The number of anilines is 1. The van der Waals surface area contributed by atoms with E-state index in [0.717, 1.165) is 6.07 Å². The number of benzene rings is 1. The number of carbonyl (C=O) groups excluding carboxylic acids is 1. The van der Waals surface area contributed by atoms with Crippen molar-refractivity contribution in [3.63, 3.8) is 0 Å². The molecule has 0 aliphatic heterocycles. The van der Waals surface area contributed by atoms with Crippen LogP contribution in [0.25, 0.3) is 0 Å². The van der Waals surface area contributed by atoms with Crippen LogP contribution in [0.4, 0.5) is 10.1 Å². The van der Waals surface area contributed by atoms with Crippen LogP contribution < -0.4 is 5.73 Å². The molecule has 2 N–H and O–H groups in total. The molecule has 0 saturated carbocycles. The highest BCUT2D eigenvalue weighted by atomic mass is 35.5. The molecule has 2 rings (SSSR count). The zero-order valence-electron chi connectivity index (χ0n) is 9.77. The maximum atomic E-state index is 13.4. The summed E-state index contributed by atoms with van der Waals surface area (Å²) >= 11 is 5.86. The molecule has 19 heavy (non-hydrogen) atoms. The Morgan fingerprint density at radius 1 is 1.42 bits per heavy atom. The monoisotopic (exact) mass is 280 g/mol. The van der Waals surface area contributed by atoms with E-state index in [1.165, 1.54) is 24.5 Å². The highest BCUT2D eigenvalue weighted by Gasteiger charge is 2.14. The first-order valence-corrected chi connectivity index (χ1v) is 5.76. The third-order valence-electron chi connectivity index (χ3n) is 2.43. The number of nitrogen functional groups attached to an aromatic ring is 1. The van der Waals surface area contributed by atoms with Crippen molar-refractivity contribution in [2.75, 3.05) is 5.73 Å². The Bertz CT molecular complexity index is 619. The highest BCUT2D eigenvalue weighted by molar-refractivity contribution is 6.31. The van der Waals surface area contributed by atoms with Crippen LogP contribution in [0.15, 0.2) is 36.7 Å². The predicted octanol–water partition coefficient (Wildman–Crippen LogP) is 2.81. The van der Waals surface area contributed by atoms with Gasteiger partial charge in [-0.25, -0.2) is 9.18 Å². The summed E-state index contributed by atoms with van der Waals surface area (Å²) in [4.78, 5) is 15.5. The molecule has 4 nitrogen and oxygen atoms in total. The molecule has 1 aromatic heterocycles. The van der Waals surface area contributed by atoms with Crippen LogP contribution in [0.1, 0.15) is 15.9 Å². The van der Waals surface area contributed by atoms with Gasteiger partial charge >= 0.3 is 5.97 Å². The molecule has 98 valence electrons. The van der Waals surface area contributed by atoms with Gasteiger partial charge in [0.2, 0.25) is 0 Å². The SMILES string of the molecule is Nc1ccc(F)c(C(=O)OCc2ccncc2Cl)c1. The molecular weight excluding hydrogens is 271 g/mol. The van der Waals surface area contributed by atoms with Crippen molar-refractivity contribution >= 4 is 23.3 Å². The van der Waals surface area contributed by atoms with Crippen molar-refractivity contribution in [3.8, 4) is 0 Å². The van der Waals surface area contributed by atoms with Crippen LogP contribution in [-0.2, 0) is 11.3 Å². The minimum Gasteiger partial charge on any atom is -0.457 e. The molecule has 0 saturated heterocycles. The Morgan fingerprint density at radius 3 is 2.95 bits per heavy atom. The molecule has 0 spiro atoms. The first kappa shape index (κ1) is 13.3. The molecule has 0 fully saturated rings. The summed E-state index contributed by atoms with van der Waals surface area (Å²) in [5.74, 6) is -1.47. The molecule has 6 heteroatoms. The van der Waals surface area contributed by atoms with Crippen molar-refractivity contribution in [2.45, 2.75) is 6.61 Å². The molecule has 1 heterocycles. The van der Waals surface area contributed by atoms with Crippen LogP contribution >= 0.6 is 11.6 Å². The minimum absolute atomic E-state index is 0.0611. The average molecular weight is 281 g/mol. The number of rotatable bonds is 3. The van der Waals surface area contributed by atoms with Gasteiger partial charge in [0.15, 0.2) is 0 Å². The van der Waals surface area contributed by atoms with Crippen molar-refractivity contribution < 1.29 is 13.9 Å². The Kier molecular flexibility index (Phi) is 3.97. The lowest BCUT2D eigenvalue weighted by Crippen LogP contribution is -2.08. The third-order valence-corrected chi connectivity index (χ3v) is 2.77. The van der Waals surface area contributed by atoms with Gasteiger partial charge in [-0.3, -0.25) is 4.98 Å². The topological polar surface area (TPSA) is 65.2 Å². The zero-order chi connectivity index (χ0) is 13.8. The number of aromatic nitrogens is 1. The lowest BCUT2D eigenvalue weighted by atomic mass is 10.2. The number of ether oxygens (including phenoxy) is 1. The van der Waals surface area contributed by atoms with Crippen molar-refractivity contribution in [2.24, 2.45) is 0 Å². The number of carbonyl (C=O) groups is 1. The standard InChI is InChI=1S/C13H10ClFN2O2/c14-11-6-17-4-3-8(11)7-19-13(18)10-5-9(16)1-2-12(10)15/h1-6H,7,16H2. The largest absolute Gasteiger partial charge is 0.457 e. The fourth-order valence-corrected chi connectivity index (χ4v) is 1.62. The lowest BCUT2D eigenvalue weighted by Gasteiger charge is -2.07. The fourth-order valence-electron chi connectivity index (χ4n) is 1.44. The number of halogens is 2. The second kappa shape index (κ2) is 5.67. The molecule has 0 atom stereocenters. The maximum Gasteiger partial charge on any atom is 0.341 e. The molecule has 0 bridgehead atoms. The van der Waals surface area contributed by atoms with Crippen molar-refractivity contribution in [1.82, 2.24) is 4.98 Å². The molecule has 0 radical (unpaired) electrons. The summed E-state index contributed by atoms with van der Waals surface area (Å²) in [6.45, 7) is -0.0611. The number of pyridine rings is 1. The van der Waals surface area contributed by atoms with E-state index in [0.29, 0.717) is 10.6 Å². The normalized spacial score (nSPS) is 10.2. The number of nitrogens with two attached hydrogens (primary N) is 1. The van der Waals surface area contributed by atoms with Gasteiger partial charge in [0.25, 0.3) is 0 Å². The van der Waals surface area contributed by atoms with E-state index in [1.54, 1.807) is 6.07 Å². The molecule has 1 aromatic carbocycles. The average Bonchev–Trinajstić information content (AvgIpc) is 2.40. The summed E-state index contributed by atoms with van der Waals surface area (Å²) in [5, 5.41) is 0.378. The number of hydrogen-bond acceptors (Lipinski definition) is 4. The summed E-state index contributed by atoms with van der Waals surface area (Å²) in [6, 6.07) is 5.33. The van der Waals surface area contributed by atoms with Gasteiger partial charge in [0.1, 0.15) is 12.4 Å². The summed E-state index contributed by atoms with van der Waals surface area (Å²) < 4.78 is 18.4. The minimum atomic E-state index is -0.794. The van der Waals surface area contributed by atoms with Gasteiger partial charge in [-0.05, 0) is 24.3 Å². The highest BCUT2D eigenvalue weighted by Crippen LogP contribution is 2.17. The molecular formula is C13H10ClFN2O2. The molecule has 0 unspecified atom stereocenters. The van der Waals surface area contributed by atoms with Crippen LogP contribution in [0.3, 0.4) is 0 Å². The molecule has 0 aliphatic rings. The van der Waals surface area contributed by atoms with E-state index in [-0.39, 0.29) is 17.9 Å². The molecule has 0 amide bonds. The van der Waals surface area contributed by atoms with E-state index in [1.807, 2.05) is 0 Å². The summed E-state index contributed by atoms with van der Waals surface area (Å²) in [6.07, 6.45) is 2.96. The van der Waals surface area contributed by atoms with Gasteiger partial charge in [0, 0.05) is 23.6 Å². The number of esters is 1.